The van der Waals surface area contributed by atoms with E-state index in [9.17, 15) is 20.1 Å². The number of cyclic esters (lactones) is 1. The normalized spacial score (nSPS) is 42.4. The largest absolute Gasteiger partial charge is 0.452 e. The van der Waals surface area contributed by atoms with Gasteiger partial charge in [-0.05, 0) is 6.08 Å². The number of ether oxygens (including phenoxy) is 3. The third-order valence-electron chi connectivity index (χ3n) is 2.99. The van der Waals surface area contributed by atoms with E-state index in [0.29, 0.717) is 0 Å². The highest BCUT2D eigenvalue weighted by Crippen LogP contribution is 2.22. The van der Waals surface area contributed by atoms with Gasteiger partial charge in [0.15, 0.2) is 6.29 Å². The Morgan fingerprint density at radius 3 is 2.53 bits per heavy atom. The SMILES string of the molecule is O=C1C=C[C@@H](COC2OC(CO)C(O)C(O)C2O)O1. The van der Waals surface area contributed by atoms with E-state index in [1.807, 2.05) is 0 Å². The lowest BCUT2D eigenvalue weighted by Gasteiger charge is -2.39. The molecule has 2 heterocycles. The number of hydrogen-bond acceptors (Lipinski definition) is 8. The minimum Gasteiger partial charge on any atom is -0.452 e. The van der Waals surface area contributed by atoms with Gasteiger partial charge in [-0.15, -0.1) is 0 Å². The lowest BCUT2D eigenvalue weighted by molar-refractivity contribution is -0.303. The minimum atomic E-state index is -1.49. The van der Waals surface area contributed by atoms with Crippen LogP contribution in [0.4, 0.5) is 0 Å². The quantitative estimate of drug-likeness (QED) is 0.408. The van der Waals surface area contributed by atoms with Gasteiger partial charge in [0.1, 0.15) is 30.5 Å². The molecular formula is C11H16O8. The summed E-state index contributed by atoms with van der Waals surface area (Å²) < 4.78 is 15.1. The molecule has 6 atom stereocenters. The predicted octanol–water partition coefficient (Wildman–Crippen LogP) is -2.72. The molecule has 19 heavy (non-hydrogen) atoms. The van der Waals surface area contributed by atoms with Crippen LogP contribution in [0.15, 0.2) is 12.2 Å². The molecule has 4 N–H and O–H groups in total. The van der Waals surface area contributed by atoms with Gasteiger partial charge in [0.2, 0.25) is 0 Å². The van der Waals surface area contributed by atoms with Crippen LogP contribution in [-0.2, 0) is 19.0 Å². The number of carbonyl (C=O) groups excluding carboxylic acids is 1. The first-order valence-corrected chi connectivity index (χ1v) is 5.84. The van der Waals surface area contributed by atoms with Crippen molar-refractivity contribution in [1.29, 1.82) is 0 Å². The van der Waals surface area contributed by atoms with Crippen molar-refractivity contribution in [3.8, 4) is 0 Å². The molecule has 0 amide bonds. The number of aliphatic hydroxyl groups is 4. The molecule has 2 aliphatic heterocycles. The van der Waals surface area contributed by atoms with Crippen LogP contribution >= 0.6 is 0 Å². The van der Waals surface area contributed by atoms with Gasteiger partial charge in [-0.25, -0.2) is 4.79 Å². The van der Waals surface area contributed by atoms with E-state index in [1.54, 1.807) is 0 Å². The number of aliphatic hydroxyl groups excluding tert-OH is 4. The van der Waals surface area contributed by atoms with Crippen LogP contribution in [0, 0.1) is 0 Å². The van der Waals surface area contributed by atoms with Crippen molar-refractivity contribution in [2.75, 3.05) is 13.2 Å². The van der Waals surface area contributed by atoms with Crippen molar-refractivity contribution >= 4 is 5.97 Å². The van der Waals surface area contributed by atoms with Crippen molar-refractivity contribution in [3.05, 3.63) is 12.2 Å². The van der Waals surface area contributed by atoms with Crippen molar-refractivity contribution in [1.82, 2.24) is 0 Å². The van der Waals surface area contributed by atoms with Gasteiger partial charge in [-0.3, -0.25) is 0 Å². The summed E-state index contributed by atoms with van der Waals surface area (Å²) in [5, 5.41) is 37.8. The van der Waals surface area contributed by atoms with E-state index in [4.69, 9.17) is 19.3 Å². The van der Waals surface area contributed by atoms with Crippen LogP contribution in [0.5, 0.6) is 0 Å². The van der Waals surface area contributed by atoms with E-state index < -0.39 is 49.4 Å². The first kappa shape index (κ1) is 14.4. The molecule has 0 saturated carbocycles. The standard InChI is InChI=1S/C11H16O8/c12-3-6-8(14)9(15)10(16)11(19-6)17-4-5-1-2-7(13)18-5/h1-2,5-6,8-12,14-16H,3-4H2/t5-,6?,8?,9?,10?,11?/m0/s1. The number of hydrogen-bond donors (Lipinski definition) is 4. The highest BCUT2D eigenvalue weighted by atomic mass is 16.7. The van der Waals surface area contributed by atoms with Gasteiger partial charge in [0.05, 0.1) is 13.2 Å². The molecule has 0 radical (unpaired) electrons. The van der Waals surface area contributed by atoms with Gasteiger partial charge in [0.25, 0.3) is 0 Å². The van der Waals surface area contributed by atoms with Crippen molar-refractivity contribution < 1.29 is 39.4 Å². The molecule has 1 fully saturated rings. The number of esters is 1. The number of carbonyl (C=O) groups is 1. The highest BCUT2D eigenvalue weighted by molar-refractivity contribution is 5.84. The Morgan fingerprint density at radius 2 is 1.95 bits per heavy atom. The summed E-state index contributed by atoms with van der Waals surface area (Å²) in [6, 6.07) is 0. The Kier molecular flexibility index (Phi) is 4.50. The monoisotopic (exact) mass is 276 g/mol. The van der Waals surface area contributed by atoms with E-state index in [0.717, 1.165) is 0 Å². The Hall–Kier alpha value is -1.03. The van der Waals surface area contributed by atoms with E-state index in [-0.39, 0.29) is 6.61 Å². The average Bonchev–Trinajstić information content (AvgIpc) is 2.81. The zero-order valence-electron chi connectivity index (χ0n) is 9.95. The molecule has 0 spiro atoms. The van der Waals surface area contributed by atoms with Gasteiger partial charge in [-0.1, -0.05) is 0 Å². The summed E-state index contributed by atoms with van der Waals surface area (Å²) in [6.07, 6.45) is -4.46. The Balaban J connectivity index is 1.88. The Morgan fingerprint density at radius 1 is 1.21 bits per heavy atom. The fourth-order valence-electron chi connectivity index (χ4n) is 1.90. The van der Waals surface area contributed by atoms with Gasteiger partial charge in [0, 0.05) is 6.08 Å². The summed E-state index contributed by atoms with van der Waals surface area (Å²) >= 11 is 0. The lowest BCUT2D eigenvalue weighted by Crippen LogP contribution is -2.59. The molecule has 5 unspecified atom stereocenters. The zero-order chi connectivity index (χ0) is 14.0. The average molecular weight is 276 g/mol. The van der Waals surface area contributed by atoms with Gasteiger partial charge in [-0.2, -0.15) is 0 Å². The molecule has 8 heteroatoms. The molecule has 0 aromatic heterocycles. The molecule has 0 bridgehead atoms. The molecule has 8 nitrogen and oxygen atoms in total. The highest BCUT2D eigenvalue weighted by Gasteiger charge is 2.44. The molecule has 2 aliphatic rings. The van der Waals surface area contributed by atoms with Gasteiger partial charge >= 0.3 is 5.97 Å². The van der Waals surface area contributed by atoms with Crippen LogP contribution < -0.4 is 0 Å². The first-order valence-electron chi connectivity index (χ1n) is 5.84. The summed E-state index contributed by atoms with van der Waals surface area (Å²) in [4.78, 5) is 10.8. The maximum atomic E-state index is 10.8. The van der Waals surface area contributed by atoms with Crippen LogP contribution in [0.25, 0.3) is 0 Å². The number of rotatable bonds is 4. The molecule has 0 aromatic carbocycles. The molecule has 1 saturated heterocycles. The smallest absolute Gasteiger partial charge is 0.331 e. The summed E-state index contributed by atoms with van der Waals surface area (Å²) in [5.41, 5.74) is 0. The van der Waals surface area contributed by atoms with Crippen LogP contribution in [-0.4, -0.2) is 76.4 Å². The topological polar surface area (TPSA) is 126 Å². The first-order chi connectivity index (χ1) is 9.02. The Bertz CT molecular complexity index is 355. The molecular weight excluding hydrogens is 260 g/mol. The van der Waals surface area contributed by atoms with Crippen molar-refractivity contribution in [2.24, 2.45) is 0 Å². The maximum absolute atomic E-state index is 10.8. The second-order valence-electron chi connectivity index (χ2n) is 4.37. The second-order valence-corrected chi connectivity index (χ2v) is 4.37. The van der Waals surface area contributed by atoms with Crippen molar-refractivity contribution in [3.63, 3.8) is 0 Å². The molecule has 2 rings (SSSR count). The summed E-state index contributed by atoms with van der Waals surface area (Å²) in [5.74, 6) is -0.484. The third kappa shape index (κ3) is 3.11. The van der Waals surface area contributed by atoms with E-state index >= 15 is 0 Å². The third-order valence-corrected chi connectivity index (χ3v) is 2.99. The van der Waals surface area contributed by atoms with Crippen LogP contribution in [0.1, 0.15) is 0 Å². The zero-order valence-corrected chi connectivity index (χ0v) is 9.95. The molecule has 0 aliphatic carbocycles. The Labute approximate surface area is 108 Å². The molecule has 108 valence electrons. The fraction of sp³-hybridized carbons (Fsp3) is 0.727. The van der Waals surface area contributed by atoms with Crippen LogP contribution in [0.3, 0.4) is 0 Å². The minimum absolute atomic E-state index is 0.0646. The second kappa shape index (κ2) is 5.95. The van der Waals surface area contributed by atoms with Gasteiger partial charge < -0.3 is 34.6 Å². The summed E-state index contributed by atoms with van der Waals surface area (Å²) in [6.45, 7) is -0.589. The van der Waals surface area contributed by atoms with E-state index in [2.05, 4.69) is 0 Å². The lowest BCUT2D eigenvalue weighted by atomic mass is 9.99. The fourth-order valence-corrected chi connectivity index (χ4v) is 1.90. The van der Waals surface area contributed by atoms with Crippen LogP contribution in [0.2, 0.25) is 0 Å². The molecule has 0 aromatic rings. The van der Waals surface area contributed by atoms with E-state index in [1.165, 1.54) is 12.2 Å². The predicted molar refractivity (Wildman–Crippen MR) is 58.7 cm³/mol. The van der Waals surface area contributed by atoms with Crippen molar-refractivity contribution in [2.45, 2.75) is 36.8 Å². The summed E-state index contributed by atoms with van der Waals surface area (Å²) in [7, 11) is 0. The maximum Gasteiger partial charge on any atom is 0.331 e.